The third-order valence-corrected chi connectivity index (χ3v) is 8.34. The zero-order valence-corrected chi connectivity index (χ0v) is 19.9. The Morgan fingerprint density at radius 3 is 2.51 bits per heavy atom. The molecule has 0 unspecified atom stereocenters. The Morgan fingerprint density at radius 1 is 1.00 bits per heavy atom. The van der Waals surface area contributed by atoms with Crippen molar-refractivity contribution in [3.63, 3.8) is 0 Å². The van der Waals surface area contributed by atoms with E-state index in [1.807, 2.05) is 6.07 Å². The topological polar surface area (TPSA) is 122 Å². The molecule has 2 aromatic carbocycles. The largest absolute Gasteiger partial charge is 0.419 e. The van der Waals surface area contributed by atoms with E-state index in [0.717, 1.165) is 19.3 Å². The standard InChI is InChI=1S/C24H26N4O6S/c29-22(25-18-6-1-2-7-19(18)27-14-5-8-23(27)30)11-15-28-20-10-9-17(16-21(20)34-24(28)31)35(32,33)26-12-3-4-13-26/h1-2,6-7,9-10,16H,3-5,8,11-15H2,(H,25,29). The van der Waals surface area contributed by atoms with Gasteiger partial charge in [-0.15, -0.1) is 0 Å². The van der Waals surface area contributed by atoms with Gasteiger partial charge < -0.3 is 14.6 Å². The van der Waals surface area contributed by atoms with Gasteiger partial charge in [-0.05, 0) is 43.5 Å². The SMILES string of the molecule is O=C(CCn1c(=O)oc2cc(S(=O)(=O)N3CCCC3)ccc21)Nc1ccccc1N1CCCC1=O. The Morgan fingerprint density at radius 2 is 1.77 bits per heavy atom. The van der Waals surface area contributed by atoms with E-state index >= 15 is 0 Å². The van der Waals surface area contributed by atoms with Crippen LogP contribution < -0.4 is 16.0 Å². The summed E-state index contributed by atoms with van der Waals surface area (Å²) in [6.07, 6.45) is 2.91. The summed E-state index contributed by atoms with van der Waals surface area (Å²) in [6.45, 7) is 1.63. The Kier molecular flexibility index (Phi) is 6.20. The molecule has 2 aliphatic heterocycles. The molecule has 0 aliphatic carbocycles. The summed E-state index contributed by atoms with van der Waals surface area (Å²) < 4.78 is 33.7. The number of carbonyl (C=O) groups excluding carboxylic acids is 2. The maximum absolute atomic E-state index is 12.8. The molecule has 1 N–H and O–H groups in total. The summed E-state index contributed by atoms with van der Waals surface area (Å²) >= 11 is 0. The Hall–Kier alpha value is -3.44. The van der Waals surface area contributed by atoms with Crippen LogP contribution in [0.2, 0.25) is 0 Å². The van der Waals surface area contributed by atoms with Crippen molar-refractivity contribution in [1.29, 1.82) is 0 Å². The molecule has 2 fully saturated rings. The number of carbonyl (C=O) groups is 2. The first-order valence-electron chi connectivity index (χ1n) is 11.7. The molecule has 184 valence electrons. The van der Waals surface area contributed by atoms with Crippen LogP contribution in [0.25, 0.3) is 11.1 Å². The predicted octanol–water partition coefficient (Wildman–Crippen LogP) is 2.53. The lowest BCUT2D eigenvalue weighted by Gasteiger charge is -2.20. The second-order valence-electron chi connectivity index (χ2n) is 8.72. The van der Waals surface area contributed by atoms with Crippen LogP contribution in [0.3, 0.4) is 0 Å². The minimum atomic E-state index is -3.64. The first kappa shape index (κ1) is 23.3. The number of benzene rings is 2. The van der Waals surface area contributed by atoms with E-state index in [2.05, 4.69) is 5.32 Å². The molecule has 0 spiro atoms. The van der Waals surface area contributed by atoms with Gasteiger partial charge in [0.05, 0.1) is 21.8 Å². The van der Waals surface area contributed by atoms with Crippen molar-refractivity contribution >= 4 is 44.3 Å². The number of hydrogen-bond acceptors (Lipinski definition) is 6. The monoisotopic (exact) mass is 498 g/mol. The number of para-hydroxylation sites is 2. The van der Waals surface area contributed by atoms with Crippen LogP contribution in [0.5, 0.6) is 0 Å². The quantitative estimate of drug-likeness (QED) is 0.534. The van der Waals surface area contributed by atoms with Crippen LogP contribution in [0.1, 0.15) is 32.1 Å². The molecule has 2 saturated heterocycles. The molecule has 2 aliphatic rings. The highest BCUT2D eigenvalue weighted by Gasteiger charge is 2.28. The number of amides is 2. The maximum atomic E-state index is 12.8. The molecule has 5 rings (SSSR count). The fourth-order valence-electron chi connectivity index (χ4n) is 4.64. The lowest BCUT2D eigenvalue weighted by molar-refractivity contribution is -0.117. The van der Waals surface area contributed by atoms with Gasteiger partial charge in [0.1, 0.15) is 0 Å². The van der Waals surface area contributed by atoms with Crippen LogP contribution in [0.4, 0.5) is 11.4 Å². The highest BCUT2D eigenvalue weighted by molar-refractivity contribution is 7.89. The normalized spacial score (nSPS) is 16.9. The number of nitrogens with zero attached hydrogens (tertiary/aromatic N) is 3. The number of anilines is 2. The summed E-state index contributed by atoms with van der Waals surface area (Å²) in [4.78, 5) is 39.0. The zero-order chi connectivity index (χ0) is 24.6. The number of nitrogens with one attached hydrogen (secondary N) is 1. The zero-order valence-electron chi connectivity index (χ0n) is 19.1. The number of aryl methyl sites for hydroxylation is 1. The van der Waals surface area contributed by atoms with Gasteiger partial charge >= 0.3 is 5.76 Å². The van der Waals surface area contributed by atoms with Crippen LogP contribution in [-0.4, -0.2) is 48.7 Å². The van der Waals surface area contributed by atoms with Gasteiger partial charge in [-0.3, -0.25) is 14.2 Å². The van der Waals surface area contributed by atoms with E-state index in [1.165, 1.54) is 27.1 Å². The first-order valence-corrected chi connectivity index (χ1v) is 13.1. The van der Waals surface area contributed by atoms with E-state index in [1.54, 1.807) is 23.1 Å². The van der Waals surface area contributed by atoms with Crippen LogP contribution in [0, 0.1) is 0 Å². The van der Waals surface area contributed by atoms with Gasteiger partial charge in [0.25, 0.3) is 0 Å². The Labute approximate surface area is 202 Å². The van der Waals surface area contributed by atoms with Crippen molar-refractivity contribution in [2.45, 2.75) is 43.5 Å². The van der Waals surface area contributed by atoms with Crippen LogP contribution in [0.15, 0.2) is 56.6 Å². The summed E-state index contributed by atoms with van der Waals surface area (Å²) in [5.74, 6) is -0.959. The molecule has 35 heavy (non-hydrogen) atoms. The summed E-state index contributed by atoms with van der Waals surface area (Å²) in [7, 11) is -3.64. The first-order chi connectivity index (χ1) is 16.8. The molecular formula is C24H26N4O6S. The van der Waals surface area contributed by atoms with Crippen molar-refractivity contribution in [3.05, 3.63) is 53.0 Å². The van der Waals surface area contributed by atoms with Gasteiger partial charge in [-0.25, -0.2) is 13.2 Å². The highest BCUT2D eigenvalue weighted by atomic mass is 32.2. The van der Waals surface area contributed by atoms with Crippen molar-refractivity contribution in [1.82, 2.24) is 8.87 Å². The van der Waals surface area contributed by atoms with Gasteiger partial charge in [0.2, 0.25) is 21.8 Å². The molecule has 0 bridgehead atoms. The number of sulfonamides is 1. The van der Waals surface area contributed by atoms with E-state index < -0.39 is 15.8 Å². The number of aromatic nitrogens is 1. The fourth-order valence-corrected chi connectivity index (χ4v) is 6.17. The molecule has 0 atom stereocenters. The molecule has 2 amide bonds. The third-order valence-electron chi connectivity index (χ3n) is 6.45. The van der Waals surface area contributed by atoms with Crippen LogP contribution in [-0.2, 0) is 26.2 Å². The van der Waals surface area contributed by atoms with Crippen molar-refractivity contribution in [2.24, 2.45) is 0 Å². The second kappa shape index (κ2) is 9.31. The molecule has 11 heteroatoms. The van der Waals surface area contributed by atoms with Crippen molar-refractivity contribution in [3.8, 4) is 0 Å². The van der Waals surface area contributed by atoms with E-state index in [9.17, 15) is 22.8 Å². The van der Waals surface area contributed by atoms with Gasteiger partial charge in [-0.2, -0.15) is 4.31 Å². The summed E-state index contributed by atoms with van der Waals surface area (Å²) in [6, 6.07) is 11.5. The molecule has 0 saturated carbocycles. The van der Waals surface area contributed by atoms with Gasteiger partial charge in [-0.1, -0.05) is 12.1 Å². The van der Waals surface area contributed by atoms with E-state index in [-0.39, 0.29) is 35.3 Å². The molecule has 3 heterocycles. The summed E-state index contributed by atoms with van der Waals surface area (Å²) in [5.41, 5.74) is 1.77. The minimum Gasteiger partial charge on any atom is -0.408 e. The van der Waals surface area contributed by atoms with Crippen LogP contribution >= 0.6 is 0 Å². The molecule has 0 radical (unpaired) electrons. The number of rotatable bonds is 7. The second-order valence-corrected chi connectivity index (χ2v) is 10.7. The molecule has 1 aromatic heterocycles. The predicted molar refractivity (Wildman–Crippen MR) is 130 cm³/mol. The average molecular weight is 499 g/mol. The van der Waals surface area contributed by atoms with E-state index in [4.69, 9.17) is 4.42 Å². The molecule has 10 nitrogen and oxygen atoms in total. The smallest absolute Gasteiger partial charge is 0.408 e. The third kappa shape index (κ3) is 4.48. The lowest BCUT2D eigenvalue weighted by atomic mass is 10.2. The highest BCUT2D eigenvalue weighted by Crippen LogP contribution is 2.29. The Balaban J connectivity index is 1.31. The Bertz CT molecular complexity index is 1450. The van der Waals surface area contributed by atoms with Crippen molar-refractivity contribution < 1.29 is 22.4 Å². The average Bonchev–Trinajstić information content (AvgIpc) is 3.58. The van der Waals surface area contributed by atoms with Crippen molar-refractivity contribution in [2.75, 3.05) is 29.9 Å². The number of oxazole rings is 1. The fraction of sp³-hybridized carbons (Fsp3) is 0.375. The minimum absolute atomic E-state index is 0.00928. The maximum Gasteiger partial charge on any atom is 0.419 e. The number of fused-ring (bicyclic) bond motifs is 1. The lowest BCUT2D eigenvalue weighted by Crippen LogP contribution is -2.27. The summed E-state index contributed by atoms with van der Waals surface area (Å²) in [5, 5.41) is 2.83. The molecular weight excluding hydrogens is 472 g/mol. The molecule has 3 aromatic rings. The number of hydrogen-bond donors (Lipinski definition) is 1. The van der Waals surface area contributed by atoms with Gasteiger partial charge in [0, 0.05) is 45.1 Å². The van der Waals surface area contributed by atoms with Gasteiger partial charge in [0.15, 0.2) is 5.58 Å². The van der Waals surface area contributed by atoms with E-state index in [0.29, 0.717) is 42.9 Å².